The monoisotopic (exact) mass is 448 g/mol. The van der Waals surface area contributed by atoms with Crippen molar-refractivity contribution < 1.29 is 5.11 Å². The first-order valence-electron chi connectivity index (χ1n) is 11.5. The Kier molecular flexibility index (Phi) is 7.02. The maximum absolute atomic E-state index is 11.2. The van der Waals surface area contributed by atoms with E-state index in [9.17, 15) is 5.11 Å². The molecule has 3 aromatic rings. The third kappa shape index (κ3) is 4.92. The molecule has 1 aliphatic rings. The minimum atomic E-state index is -0.802. The molecule has 4 heteroatoms. The molecule has 0 saturated carbocycles. The van der Waals surface area contributed by atoms with E-state index in [0.717, 1.165) is 31.5 Å². The summed E-state index contributed by atoms with van der Waals surface area (Å²) in [6, 6.07) is 29.0. The van der Waals surface area contributed by atoms with E-state index in [1.54, 1.807) is 0 Å². The van der Waals surface area contributed by atoms with E-state index in [1.165, 1.54) is 11.1 Å². The van der Waals surface area contributed by atoms with Gasteiger partial charge in [0.1, 0.15) is 0 Å². The first-order valence-corrected chi connectivity index (χ1v) is 11.9. The van der Waals surface area contributed by atoms with Crippen LogP contribution in [-0.4, -0.2) is 29.3 Å². The maximum Gasteiger partial charge on any atom is 0.0921 e. The SMILES string of the molecule is CC(CCC(N)N1CCC(O)(c2ccc(Cl)cc2)CC1)(c1ccccc1)c1ccccc1. The van der Waals surface area contributed by atoms with Crippen LogP contribution in [0.4, 0.5) is 0 Å². The first kappa shape index (κ1) is 23.0. The number of hydrogen-bond donors (Lipinski definition) is 2. The molecular weight excluding hydrogens is 416 g/mol. The van der Waals surface area contributed by atoms with Crippen LogP contribution in [0.2, 0.25) is 5.02 Å². The van der Waals surface area contributed by atoms with Gasteiger partial charge in [-0.2, -0.15) is 0 Å². The highest BCUT2D eigenvalue weighted by atomic mass is 35.5. The highest BCUT2D eigenvalue weighted by Crippen LogP contribution is 2.38. The van der Waals surface area contributed by atoms with Crippen molar-refractivity contribution in [1.82, 2.24) is 4.90 Å². The summed E-state index contributed by atoms with van der Waals surface area (Å²) in [4.78, 5) is 2.32. The lowest BCUT2D eigenvalue weighted by molar-refractivity contribution is -0.0363. The Bertz CT molecular complexity index is 943. The van der Waals surface area contributed by atoms with Gasteiger partial charge in [0, 0.05) is 23.5 Å². The number of benzene rings is 3. The van der Waals surface area contributed by atoms with Gasteiger partial charge in [-0.15, -0.1) is 0 Å². The molecule has 1 fully saturated rings. The van der Waals surface area contributed by atoms with E-state index in [2.05, 4.69) is 72.5 Å². The number of hydrogen-bond acceptors (Lipinski definition) is 3. The molecule has 0 spiro atoms. The van der Waals surface area contributed by atoms with Crippen molar-refractivity contribution in [2.75, 3.05) is 13.1 Å². The van der Waals surface area contributed by atoms with Crippen LogP contribution in [0.15, 0.2) is 84.9 Å². The normalized spacial score (nSPS) is 17.8. The summed E-state index contributed by atoms with van der Waals surface area (Å²) in [6.07, 6.45) is 3.17. The second kappa shape index (κ2) is 9.76. The van der Waals surface area contributed by atoms with Crippen LogP contribution in [0.1, 0.15) is 49.3 Å². The fraction of sp³-hybridized carbons (Fsp3) is 0.357. The van der Waals surface area contributed by atoms with Crippen LogP contribution in [0, 0.1) is 0 Å². The third-order valence-corrected chi connectivity index (χ3v) is 7.49. The van der Waals surface area contributed by atoms with Gasteiger partial charge in [0.2, 0.25) is 0 Å². The number of halogens is 1. The molecule has 3 N–H and O–H groups in total. The molecule has 0 radical (unpaired) electrons. The number of rotatable bonds is 7. The molecule has 1 saturated heterocycles. The van der Waals surface area contributed by atoms with Crippen LogP contribution in [0.3, 0.4) is 0 Å². The smallest absolute Gasteiger partial charge is 0.0921 e. The molecule has 4 rings (SSSR count). The van der Waals surface area contributed by atoms with Crippen molar-refractivity contribution in [3.8, 4) is 0 Å². The van der Waals surface area contributed by atoms with Crippen LogP contribution in [0.5, 0.6) is 0 Å². The Morgan fingerprint density at radius 2 is 1.41 bits per heavy atom. The summed E-state index contributed by atoms with van der Waals surface area (Å²) in [5.41, 5.74) is 9.35. The molecule has 1 unspecified atom stereocenters. The molecule has 1 atom stereocenters. The highest BCUT2D eigenvalue weighted by Gasteiger charge is 2.36. The number of aliphatic hydroxyl groups is 1. The van der Waals surface area contributed by atoms with Gasteiger partial charge in [-0.25, -0.2) is 0 Å². The fourth-order valence-corrected chi connectivity index (χ4v) is 5.09. The van der Waals surface area contributed by atoms with E-state index in [1.807, 2.05) is 24.3 Å². The minimum Gasteiger partial charge on any atom is -0.385 e. The van der Waals surface area contributed by atoms with E-state index in [4.69, 9.17) is 17.3 Å². The number of likely N-dealkylation sites (tertiary alicyclic amines) is 1. The van der Waals surface area contributed by atoms with Crippen LogP contribution in [-0.2, 0) is 11.0 Å². The zero-order valence-electron chi connectivity index (χ0n) is 18.8. The van der Waals surface area contributed by atoms with Crippen LogP contribution in [0.25, 0.3) is 0 Å². The summed E-state index contributed by atoms with van der Waals surface area (Å²) < 4.78 is 0. The summed E-state index contributed by atoms with van der Waals surface area (Å²) in [7, 11) is 0. The van der Waals surface area contributed by atoms with Gasteiger partial charge < -0.3 is 10.8 Å². The lowest BCUT2D eigenvalue weighted by atomic mass is 9.72. The Hall–Kier alpha value is -2.17. The van der Waals surface area contributed by atoms with E-state index in [0.29, 0.717) is 17.9 Å². The van der Waals surface area contributed by atoms with E-state index in [-0.39, 0.29) is 11.6 Å². The molecule has 0 aliphatic carbocycles. The molecule has 32 heavy (non-hydrogen) atoms. The quantitative estimate of drug-likeness (QED) is 0.487. The van der Waals surface area contributed by atoms with Gasteiger partial charge in [-0.3, -0.25) is 4.90 Å². The second-order valence-corrected chi connectivity index (χ2v) is 9.68. The van der Waals surface area contributed by atoms with Gasteiger partial charge in [-0.1, -0.05) is 91.3 Å². The largest absolute Gasteiger partial charge is 0.385 e. The summed E-state index contributed by atoms with van der Waals surface area (Å²) in [5, 5.41) is 11.9. The maximum atomic E-state index is 11.2. The zero-order chi connectivity index (χ0) is 22.6. The molecule has 1 heterocycles. The van der Waals surface area contributed by atoms with Crippen LogP contribution < -0.4 is 5.73 Å². The summed E-state index contributed by atoms with van der Waals surface area (Å²) >= 11 is 6.01. The lowest BCUT2D eigenvalue weighted by Gasteiger charge is -2.42. The third-order valence-electron chi connectivity index (χ3n) is 7.24. The standard InChI is InChI=1S/C28H33ClN2O/c1-27(22-8-4-2-5-9-22,23-10-6-3-7-11-23)17-16-26(30)31-20-18-28(32,19-21-31)24-12-14-25(29)15-13-24/h2-15,26,32H,16-21,30H2,1H3. The average Bonchev–Trinajstić information content (AvgIpc) is 2.84. The number of nitrogens with zero attached hydrogens (tertiary/aromatic N) is 1. The molecule has 1 aliphatic heterocycles. The molecule has 0 bridgehead atoms. The van der Waals surface area contributed by atoms with Crippen molar-refractivity contribution in [3.05, 3.63) is 107 Å². The minimum absolute atomic E-state index is 0.0310. The van der Waals surface area contributed by atoms with Gasteiger partial charge in [0.05, 0.1) is 11.8 Å². The van der Waals surface area contributed by atoms with Gasteiger partial charge in [-0.05, 0) is 54.5 Å². The Morgan fingerprint density at radius 1 is 0.906 bits per heavy atom. The number of piperidine rings is 1. The van der Waals surface area contributed by atoms with Crippen molar-refractivity contribution in [1.29, 1.82) is 0 Å². The second-order valence-electron chi connectivity index (χ2n) is 9.24. The Balaban J connectivity index is 1.42. The van der Waals surface area contributed by atoms with E-state index < -0.39 is 5.60 Å². The lowest BCUT2D eigenvalue weighted by Crippen LogP contribution is -2.50. The molecule has 3 aromatic carbocycles. The first-order chi connectivity index (χ1) is 15.4. The van der Waals surface area contributed by atoms with E-state index >= 15 is 0 Å². The zero-order valence-corrected chi connectivity index (χ0v) is 19.5. The van der Waals surface area contributed by atoms with Gasteiger partial charge in [0.15, 0.2) is 0 Å². The number of nitrogens with two attached hydrogens (primary N) is 1. The van der Waals surface area contributed by atoms with Crippen LogP contribution >= 0.6 is 11.6 Å². The van der Waals surface area contributed by atoms with Gasteiger partial charge >= 0.3 is 0 Å². The highest BCUT2D eigenvalue weighted by molar-refractivity contribution is 6.30. The van der Waals surface area contributed by atoms with Crippen molar-refractivity contribution in [3.63, 3.8) is 0 Å². The van der Waals surface area contributed by atoms with Gasteiger partial charge in [0.25, 0.3) is 0 Å². The van der Waals surface area contributed by atoms with Crippen molar-refractivity contribution >= 4 is 11.6 Å². The van der Waals surface area contributed by atoms with Crippen molar-refractivity contribution in [2.45, 2.75) is 49.8 Å². The average molecular weight is 449 g/mol. The Morgan fingerprint density at radius 3 is 1.91 bits per heavy atom. The summed E-state index contributed by atoms with van der Waals surface area (Å²) in [5.74, 6) is 0. The predicted molar refractivity (Wildman–Crippen MR) is 133 cm³/mol. The van der Waals surface area contributed by atoms with Crippen molar-refractivity contribution in [2.24, 2.45) is 5.73 Å². The topological polar surface area (TPSA) is 49.5 Å². The molecule has 3 nitrogen and oxygen atoms in total. The molecule has 0 amide bonds. The Labute approximate surface area is 196 Å². The molecule has 168 valence electrons. The predicted octanol–water partition coefficient (Wildman–Crippen LogP) is 5.69. The molecule has 0 aromatic heterocycles. The summed E-state index contributed by atoms with van der Waals surface area (Å²) in [6.45, 7) is 3.89. The molecular formula is C28H33ClN2O. The fourth-order valence-electron chi connectivity index (χ4n) is 4.96.